The van der Waals surface area contributed by atoms with E-state index < -0.39 is 0 Å². The zero-order chi connectivity index (χ0) is 12.5. The van der Waals surface area contributed by atoms with Gasteiger partial charge in [0.2, 0.25) is 0 Å². The highest BCUT2D eigenvalue weighted by atomic mass is 35.5. The van der Waals surface area contributed by atoms with E-state index in [0.29, 0.717) is 6.54 Å². The molecular formula is C14H13ClN2S. The Morgan fingerprint density at radius 1 is 1.17 bits per heavy atom. The Bertz CT molecular complexity index is 684. The van der Waals surface area contributed by atoms with E-state index in [2.05, 4.69) is 41.1 Å². The van der Waals surface area contributed by atoms with Crippen LogP contribution in [0.25, 0.3) is 10.9 Å². The quantitative estimate of drug-likeness (QED) is 0.774. The Hall–Kier alpha value is -1.29. The number of thiophene rings is 1. The van der Waals surface area contributed by atoms with Crippen LogP contribution in [0.1, 0.15) is 10.4 Å². The number of nitrogens with two attached hydrogens (primary N) is 1. The average Bonchev–Trinajstić information content (AvgIpc) is 2.97. The lowest BCUT2D eigenvalue weighted by atomic mass is 10.1. The first-order chi connectivity index (χ1) is 8.78. The largest absolute Gasteiger partial charge is 0.342 e. The number of aromatic nitrogens is 1. The fraction of sp³-hybridized carbons (Fsp3) is 0.143. The summed E-state index contributed by atoms with van der Waals surface area (Å²) >= 11 is 7.59. The average molecular weight is 277 g/mol. The topological polar surface area (TPSA) is 30.9 Å². The van der Waals surface area contributed by atoms with Crippen LogP contribution >= 0.6 is 22.9 Å². The Kier molecular flexibility index (Phi) is 3.12. The number of hydrogen-bond donors (Lipinski definition) is 1. The molecule has 0 aliphatic carbocycles. The fourth-order valence-electron chi connectivity index (χ4n) is 2.24. The molecule has 0 aliphatic heterocycles. The minimum Gasteiger partial charge on any atom is -0.342 e. The highest BCUT2D eigenvalue weighted by Gasteiger charge is 2.07. The third-order valence-electron chi connectivity index (χ3n) is 3.05. The van der Waals surface area contributed by atoms with E-state index in [1.165, 1.54) is 21.3 Å². The van der Waals surface area contributed by atoms with Crippen LogP contribution in [0.15, 0.2) is 42.6 Å². The number of benzene rings is 1. The predicted octanol–water partition coefficient (Wildman–Crippen LogP) is 3.86. The molecule has 4 heteroatoms. The smallest absolute Gasteiger partial charge is 0.0931 e. The van der Waals surface area contributed by atoms with Crippen LogP contribution in [0.4, 0.5) is 0 Å². The molecule has 18 heavy (non-hydrogen) atoms. The van der Waals surface area contributed by atoms with Gasteiger partial charge in [0.25, 0.3) is 0 Å². The lowest BCUT2D eigenvalue weighted by Gasteiger charge is -2.07. The molecule has 0 unspecified atom stereocenters. The van der Waals surface area contributed by atoms with Gasteiger partial charge in [-0.1, -0.05) is 29.8 Å². The number of nitrogens with zero attached hydrogens (tertiary/aromatic N) is 1. The van der Waals surface area contributed by atoms with Crippen molar-refractivity contribution in [1.82, 2.24) is 4.57 Å². The summed E-state index contributed by atoms with van der Waals surface area (Å²) in [5.41, 5.74) is 8.22. The highest BCUT2D eigenvalue weighted by molar-refractivity contribution is 7.16. The number of halogens is 1. The molecule has 3 rings (SSSR count). The first-order valence-corrected chi connectivity index (χ1v) is 6.98. The van der Waals surface area contributed by atoms with Gasteiger partial charge >= 0.3 is 0 Å². The van der Waals surface area contributed by atoms with Crippen LogP contribution in [0.5, 0.6) is 0 Å². The summed E-state index contributed by atoms with van der Waals surface area (Å²) in [7, 11) is 0. The SMILES string of the molecule is NCc1cccc2ccn(Cc3ccc(Cl)s3)c12. The van der Waals surface area contributed by atoms with Gasteiger partial charge in [0, 0.05) is 17.6 Å². The van der Waals surface area contributed by atoms with Crippen molar-refractivity contribution in [3.05, 3.63) is 57.4 Å². The van der Waals surface area contributed by atoms with E-state index in [-0.39, 0.29) is 0 Å². The molecule has 2 nitrogen and oxygen atoms in total. The van der Waals surface area contributed by atoms with Crippen molar-refractivity contribution in [2.24, 2.45) is 5.73 Å². The molecule has 0 spiro atoms. The Morgan fingerprint density at radius 3 is 2.78 bits per heavy atom. The van der Waals surface area contributed by atoms with Gasteiger partial charge in [-0.3, -0.25) is 0 Å². The number of rotatable bonds is 3. The summed E-state index contributed by atoms with van der Waals surface area (Å²) in [5, 5.41) is 1.24. The molecule has 92 valence electrons. The molecule has 0 radical (unpaired) electrons. The minimum atomic E-state index is 0.562. The van der Waals surface area contributed by atoms with Crippen LogP contribution in [-0.4, -0.2) is 4.57 Å². The minimum absolute atomic E-state index is 0.562. The van der Waals surface area contributed by atoms with E-state index in [0.717, 1.165) is 10.9 Å². The Morgan fingerprint density at radius 2 is 2.06 bits per heavy atom. The summed E-state index contributed by atoms with van der Waals surface area (Å²) in [6, 6.07) is 12.4. The lowest BCUT2D eigenvalue weighted by Crippen LogP contribution is -2.02. The molecule has 0 aliphatic rings. The third kappa shape index (κ3) is 2.05. The molecule has 0 saturated carbocycles. The lowest BCUT2D eigenvalue weighted by molar-refractivity contribution is 0.844. The van der Waals surface area contributed by atoms with Gasteiger partial charge in [-0.15, -0.1) is 11.3 Å². The second-order valence-electron chi connectivity index (χ2n) is 4.21. The monoisotopic (exact) mass is 276 g/mol. The molecule has 0 atom stereocenters. The second kappa shape index (κ2) is 4.76. The third-order valence-corrected chi connectivity index (χ3v) is 4.26. The first kappa shape index (κ1) is 11.8. The van der Waals surface area contributed by atoms with Crippen LogP contribution in [0.3, 0.4) is 0 Å². The molecule has 0 amide bonds. The van der Waals surface area contributed by atoms with E-state index >= 15 is 0 Å². The fourth-order valence-corrected chi connectivity index (χ4v) is 3.33. The standard InChI is InChI=1S/C14H13ClN2S/c15-13-5-4-12(18-13)9-17-7-6-10-2-1-3-11(8-16)14(10)17/h1-7H,8-9,16H2. The van der Waals surface area contributed by atoms with E-state index in [1.807, 2.05) is 6.07 Å². The highest BCUT2D eigenvalue weighted by Crippen LogP contribution is 2.25. The summed E-state index contributed by atoms with van der Waals surface area (Å²) in [6.45, 7) is 1.41. The molecule has 2 heterocycles. The normalized spacial score (nSPS) is 11.2. The maximum Gasteiger partial charge on any atom is 0.0931 e. The number of para-hydroxylation sites is 1. The molecule has 0 fully saturated rings. The summed E-state index contributed by atoms with van der Waals surface area (Å²) in [6.07, 6.45) is 2.11. The van der Waals surface area contributed by atoms with Gasteiger partial charge in [-0.2, -0.15) is 0 Å². The van der Waals surface area contributed by atoms with Gasteiger partial charge in [-0.25, -0.2) is 0 Å². The van der Waals surface area contributed by atoms with E-state index in [1.54, 1.807) is 11.3 Å². The number of hydrogen-bond acceptors (Lipinski definition) is 2. The zero-order valence-corrected chi connectivity index (χ0v) is 11.3. The van der Waals surface area contributed by atoms with Gasteiger partial charge in [0.05, 0.1) is 16.4 Å². The van der Waals surface area contributed by atoms with E-state index in [4.69, 9.17) is 17.3 Å². The molecule has 1 aromatic carbocycles. The van der Waals surface area contributed by atoms with Gasteiger partial charge in [0.15, 0.2) is 0 Å². The summed E-state index contributed by atoms with van der Waals surface area (Å²) in [4.78, 5) is 1.25. The van der Waals surface area contributed by atoms with Gasteiger partial charge < -0.3 is 10.3 Å². The van der Waals surface area contributed by atoms with Crippen molar-refractivity contribution in [2.45, 2.75) is 13.1 Å². The molecule has 2 aromatic heterocycles. The van der Waals surface area contributed by atoms with Crippen LogP contribution in [0.2, 0.25) is 4.34 Å². The molecular weight excluding hydrogens is 264 g/mol. The molecule has 0 bridgehead atoms. The van der Waals surface area contributed by atoms with Crippen molar-refractivity contribution < 1.29 is 0 Å². The van der Waals surface area contributed by atoms with E-state index in [9.17, 15) is 0 Å². The Labute approximate surface area is 115 Å². The van der Waals surface area contributed by atoms with Crippen LogP contribution in [0, 0.1) is 0 Å². The first-order valence-electron chi connectivity index (χ1n) is 5.79. The van der Waals surface area contributed by atoms with Crippen LogP contribution < -0.4 is 5.73 Å². The van der Waals surface area contributed by atoms with Crippen molar-refractivity contribution in [1.29, 1.82) is 0 Å². The second-order valence-corrected chi connectivity index (χ2v) is 6.01. The summed E-state index contributed by atoms with van der Waals surface area (Å²) in [5.74, 6) is 0. The summed E-state index contributed by atoms with van der Waals surface area (Å²) < 4.78 is 3.07. The van der Waals surface area contributed by atoms with Crippen LogP contribution in [-0.2, 0) is 13.1 Å². The molecule has 3 aromatic rings. The van der Waals surface area contributed by atoms with Crippen molar-refractivity contribution in [3.8, 4) is 0 Å². The maximum absolute atomic E-state index is 5.97. The van der Waals surface area contributed by atoms with Crippen molar-refractivity contribution in [3.63, 3.8) is 0 Å². The van der Waals surface area contributed by atoms with Crippen molar-refractivity contribution >= 4 is 33.8 Å². The zero-order valence-electron chi connectivity index (χ0n) is 9.77. The molecule has 2 N–H and O–H groups in total. The van der Waals surface area contributed by atoms with Gasteiger partial charge in [0.1, 0.15) is 0 Å². The number of fused-ring (bicyclic) bond motifs is 1. The van der Waals surface area contributed by atoms with Crippen molar-refractivity contribution in [2.75, 3.05) is 0 Å². The Balaban J connectivity index is 2.06. The van der Waals surface area contributed by atoms with Gasteiger partial charge in [-0.05, 0) is 29.1 Å². The molecule has 0 saturated heterocycles. The predicted molar refractivity (Wildman–Crippen MR) is 78.3 cm³/mol. The maximum atomic E-state index is 5.97.